The standard InChI is InChI=1S/C15H16O4/c1-8(6-16)11-3-2-9-7-19-13-5-10(15(17)18)4-12(11)14(9)13/h4-5,7-8,11,16H,2-3,6H2,1H3,(H,17,18)/t8-,11-/m1/s1. The minimum absolute atomic E-state index is 0.108. The Morgan fingerprint density at radius 2 is 2.32 bits per heavy atom. The molecule has 3 rings (SSSR count). The Bertz CT molecular complexity index is 641. The van der Waals surface area contributed by atoms with Gasteiger partial charge in [-0.3, -0.25) is 0 Å². The van der Waals surface area contributed by atoms with Crippen molar-refractivity contribution in [3.8, 4) is 0 Å². The maximum atomic E-state index is 11.2. The fourth-order valence-electron chi connectivity index (χ4n) is 3.05. The van der Waals surface area contributed by atoms with Gasteiger partial charge < -0.3 is 14.6 Å². The minimum Gasteiger partial charge on any atom is -0.478 e. The molecule has 0 aliphatic heterocycles. The molecular weight excluding hydrogens is 244 g/mol. The zero-order valence-electron chi connectivity index (χ0n) is 10.7. The van der Waals surface area contributed by atoms with Gasteiger partial charge in [0.15, 0.2) is 0 Å². The third-order valence-electron chi connectivity index (χ3n) is 4.13. The van der Waals surface area contributed by atoms with Crippen LogP contribution in [0.25, 0.3) is 11.0 Å². The van der Waals surface area contributed by atoms with Crippen LogP contribution >= 0.6 is 0 Å². The molecule has 1 aromatic carbocycles. The molecule has 0 fully saturated rings. The van der Waals surface area contributed by atoms with Crippen LogP contribution in [0, 0.1) is 5.92 Å². The normalized spacial score (nSPS) is 19.6. The van der Waals surface area contributed by atoms with Crippen molar-refractivity contribution in [2.75, 3.05) is 6.61 Å². The summed E-state index contributed by atoms with van der Waals surface area (Å²) in [6.45, 7) is 2.10. The second-order valence-corrected chi connectivity index (χ2v) is 5.31. The fourth-order valence-corrected chi connectivity index (χ4v) is 3.05. The van der Waals surface area contributed by atoms with Gasteiger partial charge >= 0.3 is 5.97 Å². The van der Waals surface area contributed by atoms with E-state index in [4.69, 9.17) is 4.42 Å². The van der Waals surface area contributed by atoms with Crippen LogP contribution in [0.5, 0.6) is 0 Å². The predicted molar refractivity (Wildman–Crippen MR) is 70.5 cm³/mol. The Kier molecular flexibility index (Phi) is 2.82. The number of carboxylic acids is 1. The molecule has 0 saturated carbocycles. The molecule has 0 bridgehead atoms. The fraction of sp³-hybridized carbons (Fsp3) is 0.400. The predicted octanol–water partition coefficient (Wildman–Crippen LogP) is 2.79. The van der Waals surface area contributed by atoms with E-state index in [2.05, 4.69) is 0 Å². The number of furan rings is 1. The van der Waals surface area contributed by atoms with Crippen molar-refractivity contribution in [3.63, 3.8) is 0 Å². The van der Waals surface area contributed by atoms with Crippen molar-refractivity contribution in [1.82, 2.24) is 0 Å². The van der Waals surface area contributed by atoms with E-state index in [1.54, 1.807) is 18.4 Å². The summed E-state index contributed by atoms with van der Waals surface area (Å²) in [5, 5.41) is 19.6. The molecule has 2 aromatic rings. The van der Waals surface area contributed by atoms with Crippen molar-refractivity contribution >= 4 is 16.9 Å². The average Bonchev–Trinajstić information content (AvgIpc) is 2.83. The molecule has 0 radical (unpaired) electrons. The summed E-state index contributed by atoms with van der Waals surface area (Å²) >= 11 is 0. The number of carboxylic acid groups (broad SMARTS) is 1. The number of hydrogen-bond donors (Lipinski definition) is 2. The van der Waals surface area contributed by atoms with E-state index in [0.717, 1.165) is 29.4 Å². The van der Waals surface area contributed by atoms with Crippen molar-refractivity contribution < 1.29 is 19.4 Å². The number of aliphatic hydroxyl groups is 1. The summed E-state index contributed by atoms with van der Waals surface area (Å²) in [7, 11) is 0. The molecule has 0 saturated heterocycles. The summed E-state index contributed by atoms with van der Waals surface area (Å²) in [4.78, 5) is 11.2. The summed E-state index contributed by atoms with van der Waals surface area (Å²) in [6.07, 6.45) is 3.56. The van der Waals surface area contributed by atoms with Crippen LogP contribution in [0.1, 0.15) is 40.7 Å². The van der Waals surface area contributed by atoms with Crippen LogP contribution in [0.4, 0.5) is 0 Å². The number of aryl methyl sites for hydroxylation is 1. The minimum atomic E-state index is -0.947. The maximum Gasteiger partial charge on any atom is 0.335 e. The van der Waals surface area contributed by atoms with E-state index < -0.39 is 5.97 Å². The van der Waals surface area contributed by atoms with Crippen LogP contribution < -0.4 is 0 Å². The summed E-state index contributed by atoms with van der Waals surface area (Å²) in [5.74, 6) is -0.635. The van der Waals surface area contributed by atoms with Crippen molar-refractivity contribution in [3.05, 3.63) is 35.1 Å². The van der Waals surface area contributed by atoms with Gasteiger partial charge in [-0.25, -0.2) is 4.79 Å². The molecule has 1 aliphatic carbocycles. The number of benzene rings is 1. The first kappa shape index (κ1) is 12.2. The maximum absolute atomic E-state index is 11.2. The van der Waals surface area contributed by atoms with E-state index in [1.807, 2.05) is 6.92 Å². The third kappa shape index (κ3) is 1.83. The molecule has 2 atom stereocenters. The Balaban J connectivity index is 2.24. The highest BCUT2D eigenvalue weighted by molar-refractivity contribution is 5.96. The lowest BCUT2D eigenvalue weighted by Gasteiger charge is -2.27. The Labute approximate surface area is 110 Å². The van der Waals surface area contributed by atoms with Gasteiger partial charge in [0.2, 0.25) is 0 Å². The highest BCUT2D eigenvalue weighted by atomic mass is 16.4. The first-order chi connectivity index (χ1) is 9.11. The molecule has 4 nitrogen and oxygen atoms in total. The van der Waals surface area contributed by atoms with E-state index >= 15 is 0 Å². The molecule has 1 aromatic heterocycles. The number of carbonyl (C=O) groups is 1. The molecule has 19 heavy (non-hydrogen) atoms. The van der Waals surface area contributed by atoms with Gasteiger partial charge in [0.1, 0.15) is 5.58 Å². The van der Waals surface area contributed by atoms with Crippen LogP contribution in [0.3, 0.4) is 0 Å². The summed E-state index contributed by atoms with van der Waals surface area (Å²) < 4.78 is 5.49. The lowest BCUT2D eigenvalue weighted by molar-refractivity contribution is 0.0696. The number of aromatic carboxylic acids is 1. The Hall–Kier alpha value is -1.81. The van der Waals surface area contributed by atoms with Gasteiger partial charge in [0, 0.05) is 12.0 Å². The topological polar surface area (TPSA) is 70.7 Å². The van der Waals surface area contributed by atoms with Gasteiger partial charge in [0.25, 0.3) is 0 Å². The zero-order chi connectivity index (χ0) is 13.6. The zero-order valence-corrected chi connectivity index (χ0v) is 10.7. The number of aliphatic hydroxyl groups excluding tert-OH is 1. The Morgan fingerprint density at radius 3 is 3.00 bits per heavy atom. The van der Waals surface area contributed by atoms with Gasteiger partial charge in [-0.05, 0) is 47.9 Å². The van der Waals surface area contributed by atoms with Crippen LogP contribution in [0.2, 0.25) is 0 Å². The molecule has 1 aliphatic rings. The lowest BCUT2D eigenvalue weighted by atomic mass is 9.77. The largest absolute Gasteiger partial charge is 0.478 e. The highest BCUT2D eigenvalue weighted by Gasteiger charge is 2.28. The van der Waals surface area contributed by atoms with Crippen LogP contribution in [0.15, 0.2) is 22.8 Å². The van der Waals surface area contributed by atoms with Gasteiger partial charge in [-0.2, -0.15) is 0 Å². The van der Waals surface area contributed by atoms with E-state index in [1.165, 1.54) is 0 Å². The van der Waals surface area contributed by atoms with Crippen molar-refractivity contribution in [2.45, 2.75) is 25.7 Å². The molecular formula is C15H16O4. The molecule has 2 N–H and O–H groups in total. The van der Waals surface area contributed by atoms with Gasteiger partial charge in [-0.15, -0.1) is 0 Å². The number of rotatable bonds is 3. The Morgan fingerprint density at radius 1 is 1.53 bits per heavy atom. The monoisotopic (exact) mass is 260 g/mol. The van der Waals surface area contributed by atoms with E-state index in [-0.39, 0.29) is 24.0 Å². The van der Waals surface area contributed by atoms with Gasteiger partial charge in [0.05, 0.1) is 11.8 Å². The number of hydrogen-bond acceptors (Lipinski definition) is 3. The van der Waals surface area contributed by atoms with E-state index in [9.17, 15) is 15.0 Å². The average molecular weight is 260 g/mol. The first-order valence-electron chi connectivity index (χ1n) is 6.50. The summed E-state index contributed by atoms with van der Waals surface area (Å²) in [5.41, 5.74) is 3.04. The lowest BCUT2D eigenvalue weighted by Crippen LogP contribution is -2.18. The molecule has 0 spiro atoms. The first-order valence-corrected chi connectivity index (χ1v) is 6.50. The smallest absolute Gasteiger partial charge is 0.335 e. The van der Waals surface area contributed by atoms with Crippen LogP contribution in [-0.4, -0.2) is 22.8 Å². The van der Waals surface area contributed by atoms with Crippen molar-refractivity contribution in [2.24, 2.45) is 5.92 Å². The third-order valence-corrected chi connectivity index (χ3v) is 4.13. The van der Waals surface area contributed by atoms with E-state index in [0.29, 0.717) is 5.58 Å². The van der Waals surface area contributed by atoms with Crippen LogP contribution in [-0.2, 0) is 6.42 Å². The molecule has 0 unspecified atom stereocenters. The second kappa shape index (κ2) is 4.38. The molecule has 0 amide bonds. The quantitative estimate of drug-likeness (QED) is 0.890. The molecule has 4 heteroatoms. The summed E-state index contributed by atoms with van der Waals surface area (Å²) in [6, 6.07) is 3.32. The molecule has 100 valence electrons. The SMILES string of the molecule is C[C@H](CO)[C@H]1CCc2coc3cc(C(=O)O)cc1c23. The highest BCUT2D eigenvalue weighted by Crippen LogP contribution is 2.41. The van der Waals surface area contributed by atoms with Gasteiger partial charge in [-0.1, -0.05) is 6.92 Å². The molecule has 1 heterocycles. The second-order valence-electron chi connectivity index (χ2n) is 5.31. The van der Waals surface area contributed by atoms with Crippen molar-refractivity contribution in [1.29, 1.82) is 0 Å².